The van der Waals surface area contributed by atoms with Crippen molar-refractivity contribution in [1.29, 1.82) is 0 Å². The molecule has 2 aromatic carbocycles. The summed E-state index contributed by atoms with van der Waals surface area (Å²) in [6, 6.07) is 35.3. The predicted molar refractivity (Wildman–Crippen MR) is 148 cm³/mol. The standard InChI is InChI=1S/C31H20N6/c1-3-10-25-21(7-1)16-19-35(25)28-15-14-24-23-9-2-4-11-26(23)37(31(24)34-28)29-13-5-12-27(33-29)36-20-17-22-8-6-18-32-30(22)36/h1-20H. The van der Waals surface area contributed by atoms with Gasteiger partial charge in [0, 0.05) is 34.7 Å². The largest absolute Gasteiger partial charge is 0.301 e. The van der Waals surface area contributed by atoms with Crippen LogP contribution in [0.25, 0.3) is 61.3 Å². The second kappa shape index (κ2) is 7.63. The number of aromatic nitrogens is 6. The third kappa shape index (κ3) is 2.96. The van der Waals surface area contributed by atoms with E-state index in [0.29, 0.717) is 0 Å². The number of benzene rings is 2. The maximum atomic E-state index is 5.19. The van der Waals surface area contributed by atoms with E-state index in [9.17, 15) is 0 Å². The van der Waals surface area contributed by atoms with Gasteiger partial charge in [-0.25, -0.2) is 15.0 Å². The number of pyridine rings is 3. The zero-order valence-corrected chi connectivity index (χ0v) is 19.7. The Bertz CT molecular complexity index is 2110. The molecule has 6 aromatic heterocycles. The average Bonchev–Trinajstić information content (AvgIpc) is 3.66. The summed E-state index contributed by atoms with van der Waals surface area (Å²) in [6.45, 7) is 0. The molecule has 0 aliphatic rings. The number of para-hydroxylation sites is 2. The van der Waals surface area contributed by atoms with Crippen molar-refractivity contribution in [3.05, 3.63) is 122 Å². The maximum Gasteiger partial charge on any atom is 0.149 e. The van der Waals surface area contributed by atoms with Crippen LogP contribution in [0.15, 0.2) is 122 Å². The molecule has 37 heavy (non-hydrogen) atoms. The van der Waals surface area contributed by atoms with Crippen LogP contribution in [0.1, 0.15) is 0 Å². The van der Waals surface area contributed by atoms with Crippen LogP contribution < -0.4 is 0 Å². The minimum atomic E-state index is 0.809. The third-order valence-electron chi connectivity index (χ3n) is 7.00. The van der Waals surface area contributed by atoms with Crippen molar-refractivity contribution < 1.29 is 0 Å². The first-order valence-corrected chi connectivity index (χ1v) is 12.2. The molecule has 0 radical (unpaired) electrons. The number of fused-ring (bicyclic) bond motifs is 5. The van der Waals surface area contributed by atoms with Crippen molar-refractivity contribution in [3.8, 4) is 17.5 Å². The highest BCUT2D eigenvalue weighted by Crippen LogP contribution is 2.32. The molecule has 0 saturated carbocycles. The Balaban J connectivity index is 1.38. The Kier molecular flexibility index (Phi) is 4.13. The van der Waals surface area contributed by atoms with Crippen molar-refractivity contribution in [1.82, 2.24) is 28.7 Å². The fourth-order valence-corrected chi connectivity index (χ4v) is 5.30. The molecule has 0 spiro atoms. The van der Waals surface area contributed by atoms with Gasteiger partial charge in [-0.15, -0.1) is 0 Å². The van der Waals surface area contributed by atoms with Crippen molar-refractivity contribution in [2.24, 2.45) is 0 Å². The molecule has 0 aliphatic heterocycles. The van der Waals surface area contributed by atoms with Gasteiger partial charge in [-0.3, -0.25) is 9.13 Å². The normalized spacial score (nSPS) is 11.8. The predicted octanol–water partition coefficient (Wildman–Crippen LogP) is 6.86. The lowest BCUT2D eigenvalue weighted by molar-refractivity contribution is 0.970. The quantitative estimate of drug-likeness (QED) is 0.280. The first kappa shape index (κ1) is 20.0. The highest BCUT2D eigenvalue weighted by Gasteiger charge is 2.16. The topological polar surface area (TPSA) is 53.5 Å². The van der Waals surface area contributed by atoms with Crippen molar-refractivity contribution in [2.75, 3.05) is 0 Å². The smallest absolute Gasteiger partial charge is 0.149 e. The molecule has 174 valence electrons. The van der Waals surface area contributed by atoms with E-state index in [0.717, 1.165) is 55.9 Å². The van der Waals surface area contributed by atoms with Gasteiger partial charge in [-0.2, -0.15) is 0 Å². The van der Waals surface area contributed by atoms with Gasteiger partial charge in [-0.1, -0.05) is 42.5 Å². The van der Waals surface area contributed by atoms with Gasteiger partial charge in [0.05, 0.1) is 11.0 Å². The monoisotopic (exact) mass is 476 g/mol. The van der Waals surface area contributed by atoms with Gasteiger partial charge < -0.3 is 4.57 Å². The first-order chi connectivity index (χ1) is 18.3. The lowest BCUT2D eigenvalue weighted by Crippen LogP contribution is -2.04. The van der Waals surface area contributed by atoms with Gasteiger partial charge in [0.15, 0.2) is 0 Å². The molecule has 6 nitrogen and oxygen atoms in total. The molecule has 0 N–H and O–H groups in total. The summed E-state index contributed by atoms with van der Waals surface area (Å²) < 4.78 is 6.32. The maximum absolute atomic E-state index is 5.19. The van der Waals surface area contributed by atoms with Crippen molar-refractivity contribution in [2.45, 2.75) is 0 Å². The van der Waals surface area contributed by atoms with Gasteiger partial charge in [0.25, 0.3) is 0 Å². The Labute approximate surface area is 211 Å². The Morgan fingerprint density at radius 2 is 1.22 bits per heavy atom. The SMILES string of the molecule is c1cc(-n2ccc3cccnc32)nc(-n2c3ccccc3c3ccc(-n4ccc5ccccc54)nc32)c1. The molecule has 0 bridgehead atoms. The van der Waals surface area contributed by atoms with Crippen LogP contribution in [0, 0.1) is 0 Å². The molecule has 6 heterocycles. The van der Waals surface area contributed by atoms with Gasteiger partial charge >= 0.3 is 0 Å². The van der Waals surface area contributed by atoms with Crippen molar-refractivity contribution >= 4 is 43.9 Å². The Morgan fingerprint density at radius 3 is 2.19 bits per heavy atom. The second-order valence-corrected chi connectivity index (χ2v) is 9.09. The fourth-order valence-electron chi connectivity index (χ4n) is 5.30. The summed E-state index contributed by atoms with van der Waals surface area (Å²) in [4.78, 5) is 14.9. The van der Waals surface area contributed by atoms with Crippen molar-refractivity contribution in [3.63, 3.8) is 0 Å². The minimum absolute atomic E-state index is 0.809. The minimum Gasteiger partial charge on any atom is -0.301 e. The summed E-state index contributed by atoms with van der Waals surface area (Å²) in [7, 11) is 0. The molecule has 0 unspecified atom stereocenters. The number of rotatable bonds is 3. The third-order valence-corrected chi connectivity index (χ3v) is 7.00. The van der Waals surface area contributed by atoms with E-state index in [2.05, 4.69) is 99.2 Å². The van der Waals surface area contributed by atoms with Crippen LogP contribution in [0.3, 0.4) is 0 Å². The lowest BCUT2D eigenvalue weighted by atomic mass is 10.2. The zero-order valence-electron chi connectivity index (χ0n) is 19.7. The summed E-state index contributed by atoms with van der Waals surface area (Å²) in [6.07, 6.45) is 5.91. The van der Waals surface area contributed by atoms with E-state index in [1.54, 1.807) is 0 Å². The average molecular weight is 477 g/mol. The van der Waals surface area contributed by atoms with Gasteiger partial charge in [0.1, 0.15) is 28.7 Å². The van der Waals surface area contributed by atoms with E-state index in [1.165, 1.54) is 5.39 Å². The van der Waals surface area contributed by atoms with Crippen LogP contribution in [0.5, 0.6) is 0 Å². The summed E-state index contributed by atoms with van der Waals surface area (Å²) in [5.41, 5.74) is 3.95. The molecule has 0 saturated heterocycles. The number of hydrogen-bond acceptors (Lipinski definition) is 3. The summed E-state index contributed by atoms with van der Waals surface area (Å²) in [5.74, 6) is 2.49. The number of nitrogens with zero attached hydrogens (tertiary/aromatic N) is 6. The van der Waals surface area contributed by atoms with E-state index in [1.807, 2.05) is 41.2 Å². The molecule has 8 rings (SSSR count). The van der Waals surface area contributed by atoms with Crippen LogP contribution in [0.4, 0.5) is 0 Å². The molecule has 0 amide bonds. The van der Waals surface area contributed by atoms with Crippen LogP contribution in [-0.2, 0) is 0 Å². The van der Waals surface area contributed by atoms with E-state index >= 15 is 0 Å². The molecule has 6 heteroatoms. The second-order valence-electron chi connectivity index (χ2n) is 9.09. The highest BCUT2D eigenvalue weighted by molar-refractivity contribution is 6.08. The van der Waals surface area contributed by atoms with Crippen LogP contribution in [0.2, 0.25) is 0 Å². The molecule has 0 atom stereocenters. The van der Waals surface area contributed by atoms with E-state index < -0.39 is 0 Å². The van der Waals surface area contributed by atoms with E-state index in [4.69, 9.17) is 9.97 Å². The van der Waals surface area contributed by atoms with E-state index in [-0.39, 0.29) is 0 Å². The Morgan fingerprint density at radius 1 is 0.459 bits per heavy atom. The fraction of sp³-hybridized carbons (Fsp3) is 0. The van der Waals surface area contributed by atoms with Gasteiger partial charge in [-0.05, 0) is 66.0 Å². The highest BCUT2D eigenvalue weighted by atomic mass is 15.2. The summed E-state index contributed by atoms with van der Waals surface area (Å²) in [5, 5.41) is 4.51. The zero-order chi connectivity index (χ0) is 24.3. The number of hydrogen-bond donors (Lipinski definition) is 0. The molecule has 0 fully saturated rings. The first-order valence-electron chi connectivity index (χ1n) is 12.2. The van der Waals surface area contributed by atoms with Crippen LogP contribution in [-0.4, -0.2) is 28.7 Å². The lowest BCUT2D eigenvalue weighted by Gasteiger charge is -2.10. The molecular formula is C31H20N6. The molecule has 0 aliphatic carbocycles. The Hall–Kier alpha value is -5.23. The summed E-state index contributed by atoms with van der Waals surface area (Å²) >= 11 is 0. The molecular weight excluding hydrogens is 456 g/mol. The van der Waals surface area contributed by atoms with Crippen LogP contribution >= 0.6 is 0 Å². The van der Waals surface area contributed by atoms with Gasteiger partial charge in [0.2, 0.25) is 0 Å². The molecule has 8 aromatic rings.